The van der Waals surface area contributed by atoms with Gasteiger partial charge in [-0.25, -0.2) is 13.4 Å². The van der Waals surface area contributed by atoms with Gasteiger partial charge in [0.25, 0.3) is 10.0 Å². The van der Waals surface area contributed by atoms with Crippen LogP contribution in [0.5, 0.6) is 0 Å². The fourth-order valence-electron chi connectivity index (χ4n) is 1.86. The van der Waals surface area contributed by atoms with Gasteiger partial charge in [0, 0.05) is 25.8 Å². The maximum atomic E-state index is 12.4. The van der Waals surface area contributed by atoms with Gasteiger partial charge in [0.2, 0.25) is 0 Å². The second kappa shape index (κ2) is 6.68. The van der Waals surface area contributed by atoms with Crippen LogP contribution >= 0.6 is 24.0 Å². The highest BCUT2D eigenvalue weighted by atomic mass is 35.5. The third kappa shape index (κ3) is 3.21. The third-order valence-corrected chi connectivity index (χ3v) is 5.04. The largest absolute Gasteiger partial charge is 0.480 e. The van der Waals surface area contributed by atoms with Crippen LogP contribution in [-0.4, -0.2) is 54.5 Å². The van der Waals surface area contributed by atoms with E-state index < -0.39 is 22.0 Å². The van der Waals surface area contributed by atoms with Crippen LogP contribution in [-0.2, 0) is 14.8 Å². The highest BCUT2D eigenvalue weighted by molar-refractivity contribution is 7.89. The summed E-state index contributed by atoms with van der Waals surface area (Å²) in [5.41, 5.74) is 0. The Bertz CT molecular complexity index is 596. The number of nitrogens with one attached hydrogen (secondary N) is 1. The van der Waals surface area contributed by atoms with Crippen LogP contribution in [0, 0.1) is 0 Å². The van der Waals surface area contributed by atoms with Gasteiger partial charge in [0.15, 0.2) is 5.03 Å². The van der Waals surface area contributed by atoms with Crippen molar-refractivity contribution in [2.24, 2.45) is 0 Å². The van der Waals surface area contributed by atoms with Gasteiger partial charge in [-0.05, 0) is 12.1 Å². The molecule has 1 atom stereocenters. The average molecular weight is 342 g/mol. The van der Waals surface area contributed by atoms with Crippen LogP contribution in [0.4, 0.5) is 0 Å². The molecule has 2 heterocycles. The molecule has 1 aromatic rings. The first kappa shape index (κ1) is 17.1. The first-order valence-corrected chi connectivity index (χ1v) is 7.32. The summed E-state index contributed by atoms with van der Waals surface area (Å²) in [6, 6.07) is 1.75. The van der Waals surface area contributed by atoms with E-state index in [2.05, 4.69) is 10.3 Å². The fourth-order valence-corrected chi connectivity index (χ4v) is 3.83. The minimum atomic E-state index is -4.02. The quantitative estimate of drug-likeness (QED) is 0.814. The molecule has 10 heteroatoms. The summed E-state index contributed by atoms with van der Waals surface area (Å²) >= 11 is 5.82. The topological polar surface area (TPSA) is 99.6 Å². The Hall–Kier alpha value is -0.930. The zero-order valence-electron chi connectivity index (χ0n) is 10.2. The van der Waals surface area contributed by atoms with E-state index in [4.69, 9.17) is 16.7 Å². The lowest BCUT2D eigenvalue weighted by molar-refractivity contribution is -0.141. The van der Waals surface area contributed by atoms with Crippen molar-refractivity contribution in [2.45, 2.75) is 11.1 Å². The molecule has 1 aromatic heterocycles. The molecule has 0 radical (unpaired) electrons. The molecular formula is C10H13Cl2N3O4S. The summed E-state index contributed by atoms with van der Waals surface area (Å²) in [5, 5.41) is 11.6. The summed E-state index contributed by atoms with van der Waals surface area (Å²) in [6.45, 7) is 0.499. The molecule has 2 N–H and O–H groups in total. The zero-order valence-corrected chi connectivity index (χ0v) is 12.6. The highest BCUT2D eigenvalue weighted by Gasteiger charge is 2.39. The summed E-state index contributed by atoms with van der Waals surface area (Å²) in [5.74, 6) is -1.21. The number of pyridine rings is 1. The Kier molecular flexibility index (Phi) is 5.72. The standard InChI is InChI=1S/C10H12ClN3O4S.ClH/c11-7-2-1-3-13-9(7)19(17,18)14-5-4-12-6-8(14)10(15)16;/h1-3,8,12H,4-6H2,(H,15,16);1H. The lowest BCUT2D eigenvalue weighted by atomic mass is 10.2. The SMILES string of the molecule is Cl.O=C(O)C1CNCCN1S(=O)(=O)c1ncccc1Cl. The minimum Gasteiger partial charge on any atom is -0.480 e. The van der Waals surface area contributed by atoms with Gasteiger partial charge in [-0.15, -0.1) is 12.4 Å². The fraction of sp³-hybridized carbons (Fsp3) is 0.400. The van der Waals surface area contributed by atoms with E-state index in [1.807, 2.05) is 0 Å². The van der Waals surface area contributed by atoms with Crippen LogP contribution in [0.25, 0.3) is 0 Å². The third-order valence-electron chi connectivity index (χ3n) is 2.76. The highest BCUT2D eigenvalue weighted by Crippen LogP contribution is 2.24. The van der Waals surface area contributed by atoms with E-state index in [-0.39, 0.29) is 35.5 Å². The summed E-state index contributed by atoms with van der Waals surface area (Å²) < 4.78 is 25.7. The molecule has 20 heavy (non-hydrogen) atoms. The molecular weight excluding hydrogens is 329 g/mol. The first-order valence-electron chi connectivity index (χ1n) is 5.50. The summed E-state index contributed by atoms with van der Waals surface area (Å²) in [7, 11) is -4.02. The van der Waals surface area contributed by atoms with Crippen molar-refractivity contribution in [1.82, 2.24) is 14.6 Å². The molecule has 2 rings (SSSR count). The molecule has 0 bridgehead atoms. The van der Waals surface area contributed by atoms with Gasteiger partial charge in [0.05, 0.1) is 5.02 Å². The number of sulfonamides is 1. The van der Waals surface area contributed by atoms with E-state index in [0.29, 0.717) is 6.54 Å². The Labute approximate surface area is 127 Å². The monoisotopic (exact) mass is 341 g/mol. The molecule has 0 amide bonds. The number of hydrogen-bond acceptors (Lipinski definition) is 5. The Morgan fingerprint density at radius 1 is 1.55 bits per heavy atom. The normalized spacial score (nSPS) is 20.1. The van der Waals surface area contributed by atoms with Crippen LogP contribution in [0.3, 0.4) is 0 Å². The predicted molar refractivity (Wildman–Crippen MR) is 74.7 cm³/mol. The minimum absolute atomic E-state index is 0. The van der Waals surface area contributed by atoms with E-state index in [0.717, 1.165) is 4.31 Å². The molecule has 112 valence electrons. The van der Waals surface area contributed by atoms with Gasteiger partial charge in [-0.1, -0.05) is 11.6 Å². The van der Waals surface area contributed by atoms with Crippen LogP contribution in [0.1, 0.15) is 0 Å². The van der Waals surface area contributed by atoms with Gasteiger partial charge < -0.3 is 10.4 Å². The van der Waals surface area contributed by atoms with Gasteiger partial charge in [0.1, 0.15) is 6.04 Å². The maximum Gasteiger partial charge on any atom is 0.323 e. The maximum absolute atomic E-state index is 12.4. The Morgan fingerprint density at radius 2 is 2.25 bits per heavy atom. The number of piperazine rings is 1. The van der Waals surface area contributed by atoms with Crippen LogP contribution in [0.15, 0.2) is 23.4 Å². The number of hydrogen-bond donors (Lipinski definition) is 2. The predicted octanol–water partition coefficient (Wildman–Crippen LogP) is 0.204. The Morgan fingerprint density at radius 3 is 2.85 bits per heavy atom. The van der Waals surface area contributed by atoms with Crippen molar-refractivity contribution in [2.75, 3.05) is 19.6 Å². The number of carbonyl (C=O) groups is 1. The van der Waals surface area contributed by atoms with Crippen LogP contribution < -0.4 is 5.32 Å². The molecule has 1 saturated heterocycles. The number of aromatic nitrogens is 1. The zero-order chi connectivity index (χ0) is 14.0. The van der Waals surface area contributed by atoms with Crippen LogP contribution in [0.2, 0.25) is 5.02 Å². The first-order chi connectivity index (χ1) is 8.94. The number of nitrogens with zero attached hydrogens (tertiary/aromatic N) is 2. The van der Waals surface area contributed by atoms with Crippen molar-refractivity contribution < 1.29 is 18.3 Å². The van der Waals surface area contributed by atoms with E-state index >= 15 is 0 Å². The lowest BCUT2D eigenvalue weighted by Gasteiger charge is -2.32. The number of carboxylic acids is 1. The molecule has 1 fully saturated rings. The number of halogens is 2. The molecule has 0 saturated carbocycles. The van der Waals surface area contributed by atoms with E-state index in [1.54, 1.807) is 0 Å². The van der Waals surface area contributed by atoms with Crippen molar-refractivity contribution in [3.8, 4) is 0 Å². The van der Waals surface area contributed by atoms with Gasteiger partial charge in [-0.2, -0.15) is 4.31 Å². The summed E-state index contributed by atoms with van der Waals surface area (Å²) in [4.78, 5) is 14.9. The average Bonchev–Trinajstić information content (AvgIpc) is 2.39. The van der Waals surface area contributed by atoms with Crippen molar-refractivity contribution in [3.05, 3.63) is 23.4 Å². The van der Waals surface area contributed by atoms with E-state index in [1.165, 1.54) is 18.3 Å². The molecule has 1 aliphatic heterocycles. The van der Waals surface area contributed by atoms with E-state index in [9.17, 15) is 13.2 Å². The molecule has 0 aliphatic carbocycles. The Balaban J connectivity index is 0.00000200. The molecule has 7 nitrogen and oxygen atoms in total. The smallest absolute Gasteiger partial charge is 0.323 e. The van der Waals surface area contributed by atoms with Gasteiger partial charge >= 0.3 is 5.97 Å². The second-order valence-electron chi connectivity index (χ2n) is 3.96. The summed E-state index contributed by atoms with van der Waals surface area (Å²) in [6.07, 6.45) is 1.30. The van der Waals surface area contributed by atoms with Crippen molar-refractivity contribution in [3.63, 3.8) is 0 Å². The van der Waals surface area contributed by atoms with Crippen molar-refractivity contribution >= 4 is 40.0 Å². The molecule has 0 spiro atoms. The number of rotatable bonds is 3. The molecule has 1 aliphatic rings. The van der Waals surface area contributed by atoms with Gasteiger partial charge in [-0.3, -0.25) is 4.79 Å². The van der Waals surface area contributed by atoms with Crippen molar-refractivity contribution in [1.29, 1.82) is 0 Å². The number of aliphatic carboxylic acids is 1. The molecule has 1 unspecified atom stereocenters. The lowest BCUT2D eigenvalue weighted by Crippen LogP contribution is -2.56. The second-order valence-corrected chi connectivity index (χ2v) is 6.18. The number of carboxylic acid groups (broad SMARTS) is 1. The molecule has 0 aromatic carbocycles.